The third-order valence-electron chi connectivity index (χ3n) is 2.13. The van der Waals surface area contributed by atoms with E-state index < -0.39 is 0 Å². The fourth-order valence-electron chi connectivity index (χ4n) is 1.36. The van der Waals surface area contributed by atoms with Crippen LogP contribution < -0.4 is 4.74 Å². The van der Waals surface area contributed by atoms with Crippen LogP contribution in [0.3, 0.4) is 0 Å². The van der Waals surface area contributed by atoms with Crippen molar-refractivity contribution in [3.63, 3.8) is 0 Å². The SMILES string of the molecule is CCc1nc(C)ccc1OCCOCCO. The van der Waals surface area contributed by atoms with Gasteiger partial charge in [0.15, 0.2) is 0 Å². The van der Waals surface area contributed by atoms with Crippen LogP contribution in [0.2, 0.25) is 0 Å². The Kier molecular flexibility index (Phi) is 5.82. The predicted octanol–water partition coefficient (Wildman–Crippen LogP) is 1.34. The highest BCUT2D eigenvalue weighted by atomic mass is 16.5. The van der Waals surface area contributed by atoms with E-state index in [1.165, 1.54) is 0 Å². The van der Waals surface area contributed by atoms with Crippen LogP contribution in [0.25, 0.3) is 0 Å². The molecule has 90 valence electrons. The molecule has 16 heavy (non-hydrogen) atoms. The minimum atomic E-state index is 0.0479. The standard InChI is InChI=1S/C12H19NO3/c1-3-11-12(5-4-10(2)13-11)16-9-8-15-7-6-14/h4-5,14H,3,6-9H2,1-2H3. The molecule has 0 spiro atoms. The van der Waals surface area contributed by atoms with E-state index in [-0.39, 0.29) is 6.61 Å². The third-order valence-corrected chi connectivity index (χ3v) is 2.13. The van der Waals surface area contributed by atoms with Gasteiger partial charge in [0.1, 0.15) is 12.4 Å². The Morgan fingerprint density at radius 2 is 2.06 bits per heavy atom. The molecule has 1 N–H and O–H groups in total. The van der Waals surface area contributed by atoms with E-state index >= 15 is 0 Å². The number of aryl methyl sites for hydroxylation is 2. The van der Waals surface area contributed by atoms with Crippen LogP contribution in [0.15, 0.2) is 12.1 Å². The number of aromatic nitrogens is 1. The van der Waals surface area contributed by atoms with Crippen LogP contribution in [-0.4, -0.2) is 36.5 Å². The molecular weight excluding hydrogens is 206 g/mol. The van der Waals surface area contributed by atoms with E-state index in [1.54, 1.807) is 0 Å². The maximum atomic E-state index is 8.52. The zero-order chi connectivity index (χ0) is 11.8. The summed E-state index contributed by atoms with van der Waals surface area (Å²) in [6, 6.07) is 3.87. The summed E-state index contributed by atoms with van der Waals surface area (Å²) in [4.78, 5) is 4.40. The summed E-state index contributed by atoms with van der Waals surface area (Å²) < 4.78 is 10.7. The fourth-order valence-corrected chi connectivity index (χ4v) is 1.36. The number of aliphatic hydroxyl groups is 1. The van der Waals surface area contributed by atoms with Crippen molar-refractivity contribution in [3.05, 3.63) is 23.5 Å². The van der Waals surface area contributed by atoms with Gasteiger partial charge in [0.25, 0.3) is 0 Å². The first kappa shape index (κ1) is 12.9. The Bertz CT molecular complexity index is 315. The average molecular weight is 225 g/mol. The Morgan fingerprint density at radius 3 is 2.75 bits per heavy atom. The highest BCUT2D eigenvalue weighted by Gasteiger charge is 2.03. The van der Waals surface area contributed by atoms with Crippen LogP contribution >= 0.6 is 0 Å². The summed E-state index contributed by atoms with van der Waals surface area (Å²) in [5.41, 5.74) is 1.97. The first-order valence-electron chi connectivity index (χ1n) is 5.55. The zero-order valence-electron chi connectivity index (χ0n) is 9.90. The number of ether oxygens (including phenoxy) is 2. The molecule has 0 amide bonds. The molecule has 0 aromatic carbocycles. The van der Waals surface area contributed by atoms with E-state index in [1.807, 2.05) is 19.1 Å². The molecule has 0 aliphatic heterocycles. The average Bonchev–Trinajstić information content (AvgIpc) is 2.30. The monoisotopic (exact) mass is 225 g/mol. The molecule has 0 aliphatic carbocycles. The smallest absolute Gasteiger partial charge is 0.140 e. The summed E-state index contributed by atoms with van der Waals surface area (Å²) in [7, 11) is 0. The van der Waals surface area contributed by atoms with E-state index in [0.29, 0.717) is 19.8 Å². The highest BCUT2D eigenvalue weighted by molar-refractivity contribution is 5.29. The molecule has 0 atom stereocenters. The van der Waals surface area contributed by atoms with Crippen molar-refractivity contribution in [3.8, 4) is 5.75 Å². The molecule has 4 heteroatoms. The minimum absolute atomic E-state index is 0.0479. The van der Waals surface area contributed by atoms with E-state index in [2.05, 4.69) is 11.9 Å². The van der Waals surface area contributed by atoms with Gasteiger partial charge in [0, 0.05) is 5.69 Å². The largest absolute Gasteiger partial charge is 0.489 e. The molecule has 1 heterocycles. The molecule has 0 fully saturated rings. The normalized spacial score (nSPS) is 10.4. The Labute approximate surface area is 96.2 Å². The maximum Gasteiger partial charge on any atom is 0.140 e. The highest BCUT2D eigenvalue weighted by Crippen LogP contribution is 2.17. The van der Waals surface area contributed by atoms with E-state index in [0.717, 1.165) is 23.6 Å². The second-order valence-corrected chi connectivity index (χ2v) is 3.44. The van der Waals surface area contributed by atoms with Gasteiger partial charge >= 0.3 is 0 Å². The zero-order valence-corrected chi connectivity index (χ0v) is 9.90. The van der Waals surface area contributed by atoms with Crippen molar-refractivity contribution < 1.29 is 14.6 Å². The molecule has 0 aliphatic rings. The van der Waals surface area contributed by atoms with Crippen LogP contribution in [-0.2, 0) is 11.2 Å². The lowest BCUT2D eigenvalue weighted by atomic mass is 10.2. The molecule has 0 saturated carbocycles. The molecule has 1 aromatic heterocycles. The number of rotatable bonds is 7. The van der Waals surface area contributed by atoms with Crippen molar-refractivity contribution in [1.82, 2.24) is 4.98 Å². The second kappa shape index (κ2) is 7.19. The van der Waals surface area contributed by atoms with Crippen molar-refractivity contribution in [2.24, 2.45) is 0 Å². The van der Waals surface area contributed by atoms with Gasteiger partial charge in [-0.05, 0) is 25.5 Å². The van der Waals surface area contributed by atoms with Gasteiger partial charge in [-0.3, -0.25) is 4.98 Å². The third kappa shape index (κ3) is 4.16. The lowest BCUT2D eigenvalue weighted by Crippen LogP contribution is -2.10. The summed E-state index contributed by atoms with van der Waals surface area (Å²) in [6.07, 6.45) is 0.856. The molecule has 4 nitrogen and oxygen atoms in total. The van der Waals surface area contributed by atoms with Crippen LogP contribution in [0.5, 0.6) is 5.75 Å². The predicted molar refractivity (Wildman–Crippen MR) is 61.8 cm³/mol. The van der Waals surface area contributed by atoms with Gasteiger partial charge in [-0.2, -0.15) is 0 Å². The van der Waals surface area contributed by atoms with Crippen LogP contribution in [0.4, 0.5) is 0 Å². The number of pyridine rings is 1. The van der Waals surface area contributed by atoms with Gasteiger partial charge in [-0.25, -0.2) is 0 Å². The van der Waals surface area contributed by atoms with Crippen molar-refractivity contribution in [2.75, 3.05) is 26.4 Å². The summed E-state index contributed by atoms with van der Waals surface area (Å²) >= 11 is 0. The van der Waals surface area contributed by atoms with Gasteiger partial charge in [0.2, 0.25) is 0 Å². The maximum absolute atomic E-state index is 8.52. The molecule has 0 saturated heterocycles. The van der Waals surface area contributed by atoms with Gasteiger partial charge < -0.3 is 14.6 Å². The molecule has 0 unspecified atom stereocenters. The Balaban J connectivity index is 2.41. The topological polar surface area (TPSA) is 51.6 Å². The Hall–Kier alpha value is -1.13. The van der Waals surface area contributed by atoms with Crippen molar-refractivity contribution >= 4 is 0 Å². The van der Waals surface area contributed by atoms with E-state index in [9.17, 15) is 0 Å². The second-order valence-electron chi connectivity index (χ2n) is 3.44. The van der Waals surface area contributed by atoms with Gasteiger partial charge in [0.05, 0.1) is 25.5 Å². The first-order valence-corrected chi connectivity index (χ1v) is 5.55. The molecule has 0 bridgehead atoms. The number of hydrogen-bond acceptors (Lipinski definition) is 4. The Morgan fingerprint density at radius 1 is 1.25 bits per heavy atom. The molecule has 1 aromatic rings. The van der Waals surface area contributed by atoms with Crippen LogP contribution in [0, 0.1) is 6.92 Å². The van der Waals surface area contributed by atoms with Gasteiger partial charge in [-0.1, -0.05) is 6.92 Å². The molecule has 1 rings (SSSR count). The van der Waals surface area contributed by atoms with Crippen molar-refractivity contribution in [2.45, 2.75) is 20.3 Å². The first-order chi connectivity index (χ1) is 7.77. The fraction of sp³-hybridized carbons (Fsp3) is 0.583. The minimum Gasteiger partial charge on any atom is -0.489 e. The summed E-state index contributed by atoms with van der Waals surface area (Å²) in [6.45, 7) is 5.39. The summed E-state index contributed by atoms with van der Waals surface area (Å²) in [5, 5.41) is 8.52. The van der Waals surface area contributed by atoms with Crippen molar-refractivity contribution in [1.29, 1.82) is 0 Å². The molecular formula is C12H19NO3. The van der Waals surface area contributed by atoms with E-state index in [4.69, 9.17) is 14.6 Å². The van der Waals surface area contributed by atoms with Gasteiger partial charge in [-0.15, -0.1) is 0 Å². The number of aliphatic hydroxyl groups excluding tert-OH is 1. The number of hydrogen-bond donors (Lipinski definition) is 1. The lowest BCUT2D eigenvalue weighted by molar-refractivity contribution is 0.0702. The summed E-state index contributed by atoms with van der Waals surface area (Å²) in [5.74, 6) is 0.820. The lowest BCUT2D eigenvalue weighted by Gasteiger charge is -2.10. The quantitative estimate of drug-likeness (QED) is 0.711. The molecule has 0 radical (unpaired) electrons. The number of nitrogens with zero attached hydrogens (tertiary/aromatic N) is 1. The van der Waals surface area contributed by atoms with Crippen LogP contribution in [0.1, 0.15) is 18.3 Å².